The Morgan fingerprint density at radius 1 is 0.872 bits per heavy atom. The van der Waals surface area contributed by atoms with Gasteiger partial charge in [-0.15, -0.1) is 0 Å². The molecular weight excluding hydrogens is 1100 g/mol. The minimum atomic E-state index is -0.764. The molecule has 1 N–H and O–H groups in total. The maximum absolute atomic E-state index is 16.8. The van der Waals surface area contributed by atoms with E-state index < -0.39 is 35.6 Å². The lowest BCUT2D eigenvalue weighted by Gasteiger charge is -2.40. The fraction of sp³-hybridized carbons (Fsp3) is 0.500. The van der Waals surface area contributed by atoms with Gasteiger partial charge in [0.25, 0.3) is 5.91 Å². The number of rotatable bonds is 16. The molecule has 22 heteroatoms. The number of nitrogens with zero attached hydrogens (tertiary/aromatic N) is 9. The van der Waals surface area contributed by atoms with Gasteiger partial charge in [0.1, 0.15) is 42.3 Å². The number of benzene rings is 4. The van der Waals surface area contributed by atoms with Gasteiger partial charge in [-0.25, -0.2) is 18.7 Å². The molecule has 0 radical (unpaired) electrons. The van der Waals surface area contributed by atoms with Crippen LogP contribution >= 0.6 is 0 Å². The first-order valence-corrected chi connectivity index (χ1v) is 30.1. The van der Waals surface area contributed by atoms with E-state index in [1.807, 2.05) is 88.0 Å². The number of methoxy groups -OCH3 is 1. The minimum Gasteiger partial charge on any atom is -0.486 e. The highest BCUT2D eigenvalue weighted by molar-refractivity contribution is 6.05. The zero-order chi connectivity index (χ0) is 60.3. The van der Waals surface area contributed by atoms with Crippen LogP contribution in [0.15, 0.2) is 65.6 Å². The fourth-order valence-corrected chi connectivity index (χ4v) is 12.5. The third kappa shape index (κ3) is 11.7. The van der Waals surface area contributed by atoms with Crippen molar-refractivity contribution in [2.75, 3.05) is 53.0 Å². The Hall–Kier alpha value is -7.95. The molecule has 86 heavy (non-hydrogen) atoms. The van der Waals surface area contributed by atoms with Crippen molar-refractivity contribution in [2.24, 2.45) is 7.05 Å². The van der Waals surface area contributed by atoms with E-state index >= 15 is 4.39 Å². The van der Waals surface area contributed by atoms with Gasteiger partial charge in [0.15, 0.2) is 12.0 Å². The summed E-state index contributed by atoms with van der Waals surface area (Å²) in [4.78, 5) is 81.5. The zero-order valence-electron chi connectivity index (χ0n) is 50.2. The van der Waals surface area contributed by atoms with Gasteiger partial charge < -0.3 is 38.2 Å². The van der Waals surface area contributed by atoms with Gasteiger partial charge in [-0.05, 0) is 139 Å². The Morgan fingerprint density at radius 3 is 2.38 bits per heavy atom. The lowest BCUT2D eigenvalue weighted by atomic mass is 9.88. The number of piperidine rings is 1. The number of carbonyl (C=O) groups excluding carboxylic acids is 4. The van der Waals surface area contributed by atoms with Crippen LogP contribution in [0, 0.1) is 12.7 Å². The monoisotopic (exact) mass is 1180 g/mol. The van der Waals surface area contributed by atoms with E-state index in [-0.39, 0.29) is 86.3 Å². The number of amides is 4. The number of piperazine rings is 1. The quantitative estimate of drug-likeness (QED) is 0.0893. The summed E-state index contributed by atoms with van der Waals surface area (Å²) in [5.41, 5.74) is 6.25. The van der Waals surface area contributed by atoms with Crippen LogP contribution in [0.4, 0.5) is 9.18 Å². The summed E-state index contributed by atoms with van der Waals surface area (Å²) < 4.78 is 59.4. The van der Waals surface area contributed by atoms with Crippen molar-refractivity contribution in [1.29, 1.82) is 0 Å². The number of nitrogens with one attached hydrogen (secondary N) is 1. The summed E-state index contributed by atoms with van der Waals surface area (Å²) in [6.45, 7) is 15.0. The molecule has 4 aliphatic heterocycles. The number of aromatic nitrogens is 6. The molecule has 4 aromatic carbocycles. The van der Waals surface area contributed by atoms with Crippen molar-refractivity contribution in [3.8, 4) is 28.8 Å². The molecule has 4 saturated heterocycles. The number of fused-ring (bicyclic) bond motifs is 3. The number of aryl methyl sites for hydroxylation is 1. The van der Waals surface area contributed by atoms with Crippen LogP contribution in [0.3, 0.4) is 0 Å². The molecule has 0 bridgehead atoms. The number of imidazole rings is 1. The van der Waals surface area contributed by atoms with Crippen LogP contribution in [0.25, 0.3) is 44.0 Å². The Morgan fingerprint density at radius 2 is 1.66 bits per heavy atom. The number of carbonyl (C=O) groups is 4. The van der Waals surface area contributed by atoms with E-state index in [9.17, 15) is 24.0 Å². The molecule has 5 atom stereocenters. The first-order chi connectivity index (χ1) is 41.3. The first kappa shape index (κ1) is 58.4. The predicted molar refractivity (Wildman–Crippen MR) is 318 cm³/mol. The van der Waals surface area contributed by atoms with E-state index in [1.165, 1.54) is 4.57 Å². The lowest BCUT2D eigenvalue weighted by Crippen LogP contribution is -2.53. The molecule has 1 aliphatic carbocycles. The van der Waals surface area contributed by atoms with Crippen LogP contribution in [-0.2, 0) is 44.0 Å². The smallest absolute Gasteiger partial charge is 0.410 e. The average molecular weight is 1180 g/mol. The van der Waals surface area contributed by atoms with Crippen LogP contribution in [0.2, 0.25) is 0 Å². The summed E-state index contributed by atoms with van der Waals surface area (Å²) in [5, 5.41) is 8.52. The number of likely N-dealkylation sites (tertiary alicyclic amines) is 1. The van der Waals surface area contributed by atoms with Crippen molar-refractivity contribution in [3.05, 3.63) is 105 Å². The second-order valence-electron chi connectivity index (χ2n) is 24.7. The Labute approximate surface area is 497 Å². The van der Waals surface area contributed by atoms with Crippen molar-refractivity contribution < 1.29 is 52.0 Å². The summed E-state index contributed by atoms with van der Waals surface area (Å²) in [6, 6.07) is 15.9. The van der Waals surface area contributed by atoms with Crippen LogP contribution in [0.1, 0.15) is 137 Å². The number of imide groups is 1. The third-order valence-electron chi connectivity index (χ3n) is 17.3. The predicted octanol–water partition coefficient (Wildman–Crippen LogP) is 9.03. The van der Waals surface area contributed by atoms with Crippen LogP contribution in [-0.4, -0.2) is 144 Å². The molecule has 12 rings (SSSR count). The summed E-state index contributed by atoms with van der Waals surface area (Å²) in [5.74, 6) is -0.593. The molecule has 7 heterocycles. The van der Waals surface area contributed by atoms with E-state index in [2.05, 4.69) is 10.2 Å². The molecule has 7 aromatic rings. The Balaban J connectivity index is 0.842. The molecular formula is C64H75FN10O11. The average Bonchev–Trinajstić information content (AvgIpc) is 1.43. The number of hydrogen-bond acceptors (Lipinski definition) is 15. The number of hydrogen-bond donors (Lipinski definition) is 1. The second kappa shape index (κ2) is 23.7. The van der Waals surface area contributed by atoms with Crippen molar-refractivity contribution in [3.63, 3.8) is 0 Å². The van der Waals surface area contributed by atoms with E-state index in [1.54, 1.807) is 47.5 Å². The van der Waals surface area contributed by atoms with E-state index in [0.29, 0.717) is 101 Å². The maximum Gasteiger partial charge on any atom is 0.410 e. The zero-order valence-corrected chi connectivity index (χ0v) is 50.2. The topological polar surface area (TPSA) is 216 Å². The van der Waals surface area contributed by atoms with Gasteiger partial charge in [0.05, 0.1) is 40.8 Å². The van der Waals surface area contributed by atoms with Crippen molar-refractivity contribution in [1.82, 2.24) is 48.9 Å². The van der Waals surface area contributed by atoms with Crippen molar-refractivity contribution >= 4 is 56.7 Å². The Bertz CT molecular complexity index is 3840. The van der Waals surface area contributed by atoms with Gasteiger partial charge in [-0.3, -0.25) is 33.7 Å². The third-order valence-corrected chi connectivity index (χ3v) is 17.3. The maximum atomic E-state index is 16.8. The van der Waals surface area contributed by atoms with Gasteiger partial charge in [0, 0.05) is 101 Å². The highest BCUT2D eigenvalue weighted by Gasteiger charge is 2.38. The Kier molecular flexibility index (Phi) is 16.1. The highest BCUT2D eigenvalue weighted by atomic mass is 19.1. The van der Waals surface area contributed by atoms with Crippen LogP contribution in [0.5, 0.6) is 17.6 Å². The fourth-order valence-electron chi connectivity index (χ4n) is 12.5. The largest absolute Gasteiger partial charge is 0.486 e. The number of ether oxygens (including phenoxy) is 6. The molecule has 454 valence electrons. The van der Waals surface area contributed by atoms with Gasteiger partial charge in [-0.2, -0.15) is 15.1 Å². The minimum absolute atomic E-state index is 0.0171. The lowest BCUT2D eigenvalue weighted by molar-refractivity contribution is -0.135. The normalized spacial score (nSPS) is 20.9. The summed E-state index contributed by atoms with van der Waals surface area (Å²) >= 11 is 0. The van der Waals surface area contributed by atoms with Crippen LogP contribution < -0.4 is 25.2 Å². The number of halogens is 1. The van der Waals surface area contributed by atoms with Gasteiger partial charge in [0.2, 0.25) is 17.7 Å². The second-order valence-corrected chi connectivity index (χ2v) is 24.7. The van der Waals surface area contributed by atoms with Gasteiger partial charge in [-0.1, -0.05) is 18.2 Å². The molecule has 5 aliphatic rings. The first-order valence-electron chi connectivity index (χ1n) is 30.1. The summed E-state index contributed by atoms with van der Waals surface area (Å²) in [6.07, 6.45) is 5.65. The SMILES string of the molecule is CO[C@@H](C)COc1nc(O[C@H]2CCN(C(=O)OC(C)(C)C)C2)c2cc(C3CC3)c(-c3c(C)c(F)cc4c3cnn4C3CCCCO3)c(OCc3ccc(C(=O)N4CCN(Cc5ccc6c(c5)n(C)c(=O)n6C5CCC(=O)NC5=O)C[C@@H]4C)cc3)c2n1. The van der Waals surface area contributed by atoms with Crippen molar-refractivity contribution in [2.45, 2.75) is 148 Å². The van der Waals surface area contributed by atoms with E-state index in [0.717, 1.165) is 54.2 Å². The molecule has 2 unspecified atom stereocenters. The molecule has 0 spiro atoms. The molecule has 21 nitrogen and oxygen atoms in total. The molecule has 1 saturated carbocycles. The molecule has 4 amide bonds. The van der Waals surface area contributed by atoms with Gasteiger partial charge >= 0.3 is 17.8 Å². The molecule has 5 fully saturated rings. The highest BCUT2D eigenvalue weighted by Crippen LogP contribution is 2.53. The standard InChI is InChI=1S/C64H75FN10O11/c1-36-31-71(32-40-14-19-48-51(27-40)70(7)62(79)74(48)49-20-21-52(76)67-58(49)77)24-25-73(36)60(78)42-15-12-39(13-16-42)35-83-57-55(54-38(3)47(65)29-50-46(54)30-66-75(50)53-11-9-10-26-82-53)44(41-17-18-41)28-45-56(57)68-61(84-34-37(2)81-8)69-59(45)85-43-22-23-72(33-43)63(80)86-64(4,5)6/h12-16,19,27-30,36-37,41,43,49,53H,9-11,17-18,20-26,31-35H2,1-8H3,(H,67,76,77)/t36-,37-,43-,49?,53?/m0/s1. The summed E-state index contributed by atoms with van der Waals surface area (Å²) in [7, 11) is 3.28. The molecule has 3 aromatic heterocycles. The van der Waals surface area contributed by atoms with E-state index in [4.69, 9.17) is 43.5 Å².